The molecule has 0 amide bonds. The number of benzene rings is 1. The summed E-state index contributed by atoms with van der Waals surface area (Å²) in [5.74, 6) is 0.700. The Bertz CT molecular complexity index is 488. The van der Waals surface area contributed by atoms with Crippen molar-refractivity contribution in [3.63, 3.8) is 0 Å². The summed E-state index contributed by atoms with van der Waals surface area (Å²) in [7, 11) is 1.59. The molecule has 0 heterocycles. The van der Waals surface area contributed by atoms with Crippen molar-refractivity contribution in [1.82, 2.24) is 5.32 Å². The zero-order valence-corrected chi connectivity index (χ0v) is 13.3. The SMILES string of the molecule is COc1ccc([N+](=O)[O-])cc1CNC1CCC(SC)CC1. The third-order valence-electron chi connectivity index (χ3n) is 4.06. The summed E-state index contributed by atoms with van der Waals surface area (Å²) < 4.78 is 5.29. The van der Waals surface area contributed by atoms with Crippen molar-refractivity contribution in [2.24, 2.45) is 0 Å². The molecule has 1 N–H and O–H groups in total. The van der Waals surface area contributed by atoms with Crippen LogP contribution in [-0.2, 0) is 6.54 Å². The molecule has 5 nitrogen and oxygen atoms in total. The smallest absolute Gasteiger partial charge is 0.270 e. The Morgan fingerprint density at radius 3 is 2.67 bits per heavy atom. The van der Waals surface area contributed by atoms with Gasteiger partial charge in [0.2, 0.25) is 0 Å². The first-order valence-corrected chi connectivity index (χ1v) is 8.50. The minimum absolute atomic E-state index is 0.110. The van der Waals surface area contributed by atoms with Crippen LogP contribution >= 0.6 is 11.8 Å². The van der Waals surface area contributed by atoms with Gasteiger partial charge in [-0.2, -0.15) is 11.8 Å². The lowest BCUT2D eigenvalue weighted by Crippen LogP contribution is -2.33. The lowest BCUT2D eigenvalue weighted by Gasteiger charge is -2.28. The molecule has 0 aromatic heterocycles. The molecule has 6 heteroatoms. The Balaban J connectivity index is 1.96. The van der Waals surface area contributed by atoms with Gasteiger partial charge in [-0.25, -0.2) is 0 Å². The molecule has 1 aliphatic carbocycles. The maximum Gasteiger partial charge on any atom is 0.270 e. The predicted molar refractivity (Wildman–Crippen MR) is 86.0 cm³/mol. The van der Waals surface area contributed by atoms with Gasteiger partial charge in [0.25, 0.3) is 5.69 Å². The van der Waals surface area contributed by atoms with Crippen LogP contribution in [0, 0.1) is 10.1 Å². The molecule has 0 spiro atoms. The topological polar surface area (TPSA) is 64.4 Å². The average Bonchev–Trinajstić information content (AvgIpc) is 2.53. The van der Waals surface area contributed by atoms with Crippen molar-refractivity contribution in [3.05, 3.63) is 33.9 Å². The fraction of sp³-hybridized carbons (Fsp3) is 0.600. The summed E-state index contributed by atoms with van der Waals surface area (Å²) in [6.45, 7) is 0.611. The Hall–Kier alpha value is -1.27. The first-order chi connectivity index (χ1) is 10.1. The van der Waals surface area contributed by atoms with E-state index in [9.17, 15) is 10.1 Å². The molecule has 1 aromatic carbocycles. The third-order valence-corrected chi connectivity index (χ3v) is 5.20. The van der Waals surface area contributed by atoms with Crippen LogP contribution < -0.4 is 10.1 Å². The summed E-state index contributed by atoms with van der Waals surface area (Å²) in [6.07, 6.45) is 6.99. The van der Waals surface area contributed by atoms with E-state index in [0.717, 1.165) is 10.8 Å². The minimum Gasteiger partial charge on any atom is -0.496 e. The van der Waals surface area contributed by atoms with E-state index in [2.05, 4.69) is 11.6 Å². The number of thioether (sulfide) groups is 1. The van der Waals surface area contributed by atoms with Crippen LogP contribution in [0.25, 0.3) is 0 Å². The van der Waals surface area contributed by atoms with E-state index in [1.807, 2.05) is 11.8 Å². The van der Waals surface area contributed by atoms with Crippen LogP contribution in [0.4, 0.5) is 5.69 Å². The van der Waals surface area contributed by atoms with Gasteiger partial charge in [0, 0.05) is 35.5 Å². The highest BCUT2D eigenvalue weighted by molar-refractivity contribution is 7.99. The van der Waals surface area contributed by atoms with Crippen molar-refractivity contribution in [1.29, 1.82) is 0 Å². The molecular formula is C15H22N2O3S. The predicted octanol–water partition coefficient (Wildman–Crippen LogP) is 3.37. The van der Waals surface area contributed by atoms with E-state index in [1.54, 1.807) is 19.2 Å². The standard InChI is InChI=1S/C15H22N2O3S/c1-20-15-8-5-13(17(18)19)9-11(15)10-16-12-3-6-14(21-2)7-4-12/h5,8-9,12,14,16H,3-4,6-7,10H2,1-2H3. The van der Waals surface area contributed by atoms with E-state index >= 15 is 0 Å². The fourth-order valence-electron chi connectivity index (χ4n) is 2.77. The van der Waals surface area contributed by atoms with Crippen molar-refractivity contribution in [2.75, 3.05) is 13.4 Å². The number of nitro groups is 1. The van der Waals surface area contributed by atoms with Crippen molar-refractivity contribution >= 4 is 17.4 Å². The molecule has 0 saturated heterocycles. The van der Waals surface area contributed by atoms with E-state index in [0.29, 0.717) is 18.3 Å². The zero-order valence-electron chi connectivity index (χ0n) is 12.5. The Morgan fingerprint density at radius 1 is 1.38 bits per heavy atom. The second-order valence-electron chi connectivity index (χ2n) is 5.34. The molecule has 0 aliphatic heterocycles. The Labute approximate surface area is 129 Å². The summed E-state index contributed by atoms with van der Waals surface area (Å²) in [5, 5.41) is 15.2. The molecule has 1 saturated carbocycles. The number of nitrogens with zero attached hydrogens (tertiary/aromatic N) is 1. The first-order valence-electron chi connectivity index (χ1n) is 7.21. The van der Waals surface area contributed by atoms with Gasteiger partial charge in [-0.3, -0.25) is 10.1 Å². The largest absolute Gasteiger partial charge is 0.496 e. The molecule has 0 bridgehead atoms. The quantitative estimate of drug-likeness (QED) is 0.644. The second kappa shape index (κ2) is 7.66. The van der Waals surface area contributed by atoms with Gasteiger partial charge in [0.1, 0.15) is 5.75 Å². The van der Waals surface area contributed by atoms with Crippen molar-refractivity contribution in [3.8, 4) is 5.75 Å². The summed E-state index contributed by atoms with van der Waals surface area (Å²) in [4.78, 5) is 10.5. The van der Waals surface area contributed by atoms with Crippen molar-refractivity contribution in [2.45, 2.75) is 43.5 Å². The second-order valence-corrected chi connectivity index (χ2v) is 6.48. The van der Waals surface area contributed by atoms with E-state index in [-0.39, 0.29) is 10.6 Å². The molecule has 1 aliphatic rings. The molecule has 0 unspecified atom stereocenters. The molecule has 0 atom stereocenters. The van der Waals surface area contributed by atoms with Gasteiger partial charge < -0.3 is 10.1 Å². The Morgan fingerprint density at radius 2 is 2.10 bits per heavy atom. The number of non-ortho nitro benzene ring substituents is 1. The summed E-state index contributed by atoms with van der Waals surface area (Å²) in [5.41, 5.74) is 0.956. The minimum atomic E-state index is -0.368. The zero-order chi connectivity index (χ0) is 15.2. The fourth-order valence-corrected chi connectivity index (χ4v) is 3.52. The molecular weight excluding hydrogens is 288 g/mol. The number of hydrogen-bond donors (Lipinski definition) is 1. The lowest BCUT2D eigenvalue weighted by molar-refractivity contribution is -0.384. The van der Waals surface area contributed by atoms with E-state index < -0.39 is 0 Å². The number of hydrogen-bond acceptors (Lipinski definition) is 5. The van der Waals surface area contributed by atoms with E-state index in [4.69, 9.17) is 4.74 Å². The first kappa shape index (κ1) is 16.1. The lowest BCUT2D eigenvalue weighted by atomic mass is 9.95. The monoisotopic (exact) mass is 310 g/mol. The maximum absolute atomic E-state index is 10.9. The van der Waals surface area contributed by atoms with Crippen molar-refractivity contribution < 1.29 is 9.66 Å². The van der Waals surface area contributed by atoms with Gasteiger partial charge in [0.15, 0.2) is 0 Å². The maximum atomic E-state index is 10.9. The molecule has 21 heavy (non-hydrogen) atoms. The van der Waals surface area contributed by atoms with Crippen LogP contribution in [0.1, 0.15) is 31.2 Å². The average molecular weight is 310 g/mol. The van der Waals surface area contributed by atoms with Crippen LogP contribution in [0.2, 0.25) is 0 Å². The highest BCUT2D eigenvalue weighted by atomic mass is 32.2. The van der Waals surface area contributed by atoms with Gasteiger partial charge in [-0.05, 0) is 38.0 Å². The number of nitro benzene ring substituents is 1. The highest BCUT2D eigenvalue weighted by Gasteiger charge is 2.20. The van der Waals surface area contributed by atoms with Gasteiger partial charge in [-0.1, -0.05) is 0 Å². The summed E-state index contributed by atoms with van der Waals surface area (Å²) in [6, 6.07) is 5.24. The summed E-state index contributed by atoms with van der Waals surface area (Å²) >= 11 is 1.95. The van der Waals surface area contributed by atoms with Crippen LogP contribution in [0.5, 0.6) is 5.75 Å². The third kappa shape index (κ3) is 4.35. The molecule has 1 fully saturated rings. The molecule has 1 aromatic rings. The van der Waals surface area contributed by atoms with Gasteiger partial charge in [-0.15, -0.1) is 0 Å². The van der Waals surface area contributed by atoms with E-state index in [1.165, 1.54) is 31.7 Å². The number of methoxy groups -OCH3 is 1. The van der Waals surface area contributed by atoms with Gasteiger partial charge >= 0.3 is 0 Å². The number of rotatable bonds is 6. The molecule has 0 radical (unpaired) electrons. The number of nitrogens with one attached hydrogen (secondary N) is 1. The van der Waals surface area contributed by atoms with Crippen LogP contribution in [0.15, 0.2) is 18.2 Å². The Kier molecular flexibility index (Phi) is 5.87. The molecule has 116 valence electrons. The van der Waals surface area contributed by atoms with Gasteiger partial charge in [0.05, 0.1) is 12.0 Å². The van der Waals surface area contributed by atoms with Crippen LogP contribution in [0.3, 0.4) is 0 Å². The van der Waals surface area contributed by atoms with Crippen LogP contribution in [-0.4, -0.2) is 29.6 Å². The normalized spacial score (nSPS) is 22.0. The highest BCUT2D eigenvalue weighted by Crippen LogP contribution is 2.28. The molecule has 2 rings (SSSR count). The number of ether oxygens (including phenoxy) is 1.